The predicted molar refractivity (Wildman–Crippen MR) is 69.8 cm³/mol. The second-order valence-corrected chi connectivity index (χ2v) is 3.86. The Morgan fingerprint density at radius 2 is 1.83 bits per heavy atom. The first-order chi connectivity index (χ1) is 8.74. The van der Waals surface area contributed by atoms with E-state index in [2.05, 4.69) is 4.98 Å². The van der Waals surface area contributed by atoms with E-state index in [4.69, 9.17) is 15.2 Å². The molecule has 18 heavy (non-hydrogen) atoms. The molecule has 2 aromatic rings. The number of hydrogen-bond donors (Lipinski definition) is 1. The van der Waals surface area contributed by atoms with E-state index < -0.39 is 0 Å². The lowest BCUT2D eigenvalue weighted by molar-refractivity contribution is 0.395. The molecule has 0 saturated heterocycles. The molecule has 0 saturated carbocycles. The SMILES string of the molecule is COc1cccc(C(N)c2cccc(OC)n2)c1. The molecule has 0 amide bonds. The third-order valence-corrected chi connectivity index (χ3v) is 2.73. The molecule has 0 fully saturated rings. The summed E-state index contributed by atoms with van der Waals surface area (Å²) in [5.41, 5.74) is 7.91. The van der Waals surface area contributed by atoms with Gasteiger partial charge in [0.25, 0.3) is 0 Å². The highest BCUT2D eigenvalue weighted by molar-refractivity contribution is 5.34. The Morgan fingerprint density at radius 1 is 1.06 bits per heavy atom. The monoisotopic (exact) mass is 244 g/mol. The van der Waals surface area contributed by atoms with E-state index in [0.717, 1.165) is 17.0 Å². The van der Waals surface area contributed by atoms with Crippen LogP contribution in [0.5, 0.6) is 11.6 Å². The molecule has 0 bridgehead atoms. The average Bonchev–Trinajstić information content (AvgIpc) is 2.46. The number of rotatable bonds is 4. The van der Waals surface area contributed by atoms with Crippen LogP contribution in [0.4, 0.5) is 0 Å². The van der Waals surface area contributed by atoms with Crippen LogP contribution in [0.15, 0.2) is 42.5 Å². The molecule has 2 rings (SSSR count). The Hall–Kier alpha value is -2.07. The molecular weight excluding hydrogens is 228 g/mol. The van der Waals surface area contributed by atoms with E-state index in [0.29, 0.717) is 5.88 Å². The number of benzene rings is 1. The first kappa shape index (κ1) is 12.4. The second-order valence-electron chi connectivity index (χ2n) is 3.86. The third kappa shape index (κ3) is 2.60. The van der Waals surface area contributed by atoms with Crippen molar-refractivity contribution < 1.29 is 9.47 Å². The van der Waals surface area contributed by atoms with Crippen LogP contribution in [0.3, 0.4) is 0 Å². The van der Waals surface area contributed by atoms with Gasteiger partial charge in [0.05, 0.1) is 26.0 Å². The molecule has 1 aromatic carbocycles. The molecule has 4 heteroatoms. The van der Waals surface area contributed by atoms with Crippen molar-refractivity contribution in [3.8, 4) is 11.6 Å². The quantitative estimate of drug-likeness (QED) is 0.895. The standard InChI is InChI=1S/C14H16N2O2/c1-17-11-6-3-5-10(9-11)14(15)12-7-4-8-13(16-12)18-2/h3-9,14H,15H2,1-2H3. The summed E-state index contributed by atoms with van der Waals surface area (Å²) in [5.74, 6) is 1.34. The zero-order valence-corrected chi connectivity index (χ0v) is 10.5. The topological polar surface area (TPSA) is 57.4 Å². The van der Waals surface area contributed by atoms with Gasteiger partial charge in [-0.3, -0.25) is 0 Å². The van der Waals surface area contributed by atoms with Gasteiger partial charge in [-0.25, -0.2) is 4.98 Å². The Labute approximate surface area is 106 Å². The summed E-state index contributed by atoms with van der Waals surface area (Å²) in [5, 5.41) is 0. The minimum absolute atomic E-state index is 0.296. The molecule has 94 valence electrons. The van der Waals surface area contributed by atoms with E-state index in [1.165, 1.54) is 0 Å². The zero-order chi connectivity index (χ0) is 13.0. The fraction of sp³-hybridized carbons (Fsp3) is 0.214. The van der Waals surface area contributed by atoms with Gasteiger partial charge in [0.15, 0.2) is 0 Å². The van der Waals surface area contributed by atoms with Gasteiger partial charge >= 0.3 is 0 Å². The van der Waals surface area contributed by atoms with Crippen molar-refractivity contribution in [1.82, 2.24) is 4.98 Å². The Morgan fingerprint density at radius 3 is 2.56 bits per heavy atom. The Kier molecular flexibility index (Phi) is 3.79. The largest absolute Gasteiger partial charge is 0.497 e. The van der Waals surface area contributed by atoms with Gasteiger partial charge in [-0.2, -0.15) is 0 Å². The molecule has 0 radical (unpaired) electrons. The van der Waals surface area contributed by atoms with Gasteiger partial charge in [-0.05, 0) is 23.8 Å². The number of aromatic nitrogens is 1. The van der Waals surface area contributed by atoms with Crippen LogP contribution in [-0.2, 0) is 0 Å². The van der Waals surface area contributed by atoms with Crippen molar-refractivity contribution in [1.29, 1.82) is 0 Å². The summed E-state index contributed by atoms with van der Waals surface area (Å²) in [4.78, 5) is 4.33. The highest BCUT2D eigenvalue weighted by Crippen LogP contribution is 2.23. The molecule has 0 aliphatic rings. The molecular formula is C14H16N2O2. The van der Waals surface area contributed by atoms with Gasteiger partial charge in [0.1, 0.15) is 5.75 Å². The second kappa shape index (κ2) is 5.51. The zero-order valence-electron chi connectivity index (χ0n) is 10.5. The van der Waals surface area contributed by atoms with Gasteiger partial charge in [-0.1, -0.05) is 18.2 Å². The summed E-state index contributed by atoms with van der Waals surface area (Å²) in [7, 11) is 3.22. The molecule has 1 heterocycles. The van der Waals surface area contributed by atoms with Gasteiger partial charge in [0.2, 0.25) is 5.88 Å². The fourth-order valence-electron chi connectivity index (χ4n) is 1.72. The normalized spacial score (nSPS) is 11.9. The number of hydrogen-bond acceptors (Lipinski definition) is 4. The maximum absolute atomic E-state index is 6.19. The summed E-state index contributed by atoms with van der Waals surface area (Å²) in [6.45, 7) is 0. The number of ether oxygens (including phenoxy) is 2. The molecule has 0 aliphatic carbocycles. The smallest absolute Gasteiger partial charge is 0.213 e. The van der Waals surface area contributed by atoms with Gasteiger partial charge in [-0.15, -0.1) is 0 Å². The summed E-state index contributed by atoms with van der Waals surface area (Å²) in [6, 6.07) is 12.9. The molecule has 1 unspecified atom stereocenters. The van der Waals surface area contributed by atoms with Crippen LogP contribution in [-0.4, -0.2) is 19.2 Å². The van der Waals surface area contributed by atoms with E-state index in [9.17, 15) is 0 Å². The summed E-state index contributed by atoms with van der Waals surface area (Å²) in [6.07, 6.45) is 0. The number of pyridine rings is 1. The number of methoxy groups -OCH3 is 2. The van der Waals surface area contributed by atoms with Crippen molar-refractivity contribution >= 4 is 0 Å². The first-order valence-corrected chi connectivity index (χ1v) is 5.65. The van der Waals surface area contributed by atoms with Crippen molar-refractivity contribution in [2.75, 3.05) is 14.2 Å². The van der Waals surface area contributed by atoms with Crippen molar-refractivity contribution in [2.45, 2.75) is 6.04 Å². The van der Waals surface area contributed by atoms with Gasteiger partial charge < -0.3 is 15.2 Å². The Balaban J connectivity index is 2.31. The van der Waals surface area contributed by atoms with Crippen LogP contribution >= 0.6 is 0 Å². The van der Waals surface area contributed by atoms with Crippen LogP contribution in [0.1, 0.15) is 17.3 Å². The average molecular weight is 244 g/mol. The van der Waals surface area contributed by atoms with Crippen molar-refractivity contribution in [3.05, 3.63) is 53.7 Å². The maximum atomic E-state index is 6.19. The lowest BCUT2D eigenvalue weighted by atomic mass is 10.0. The highest BCUT2D eigenvalue weighted by atomic mass is 16.5. The number of nitrogens with two attached hydrogens (primary N) is 1. The lowest BCUT2D eigenvalue weighted by Crippen LogP contribution is -2.13. The fourth-order valence-corrected chi connectivity index (χ4v) is 1.72. The van der Waals surface area contributed by atoms with E-state index in [1.54, 1.807) is 20.3 Å². The molecule has 1 aromatic heterocycles. The van der Waals surface area contributed by atoms with E-state index in [-0.39, 0.29) is 6.04 Å². The molecule has 0 aliphatic heterocycles. The molecule has 2 N–H and O–H groups in total. The summed E-state index contributed by atoms with van der Waals surface area (Å²) < 4.78 is 10.3. The van der Waals surface area contributed by atoms with Crippen molar-refractivity contribution in [3.63, 3.8) is 0 Å². The maximum Gasteiger partial charge on any atom is 0.213 e. The third-order valence-electron chi connectivity index (χ3n) is 2.73. The minimum Gasteiger partial charge on any atom is -0.497 e. The first-order valence-electron chi connectivity index (χ1n) is 5.65. The number of nitrogens with zero attached hydrogens (tertiary/aromatic N) is 1. The minimum atomic E-state index is -0.296. The van der Waals surface area contributed by atoms with Gasteiger partial charge in [0, 0.05) is 6.07 Å². The lowest BCUT2D eigenvalue weighted by Gasteiger charge is -2.13. The summed E-state index contributed by atoms with van der Waals surface area (Å²) >= 11 is 0. The molecule has 0 spiro atoms. The Bertz CT molecular complexity index is 481. The predicted octanol–water partition coefficient (Wildman–Crippen LogP) is 2.15. The molecule has 1 atom stereocenters. The van der Waals surface area contributed by atoms with Crippen LogP contribution < -0.4 is 15.2 Å². The highest BCUT2D eigenvalue weighted by Gasteiger charge is 2.11. The van der Waals surface area contributed by atoms with Crippen LogP contribution in [0.2, 0.25) is 0 Å². The van der Waals surface area contributed by atoms with E-state index >= 15 is 0 Å². The molecule has 4 nitrogen and oxygen atoms in total. The van der Waals surface area contributed by atoms with Crippen LogP contribution in [0.25, 0.3) is 0 Å². The van der Waals surface area contributed by atoms with Crippen molar-refractivity contribution in [2.24, 2.45) is 5.73 Å². The van der Waals surface area contributed by atoms with Crippen LogP contribution in [0, 0.1) is 0 Å². The van der Waals surface area contributed by atoms with E-state index in [1.807, 2.05) is 36.4 Å².